The van der Waals surface area contributed by atoms with Crippen LogP contribution in [0.2, 0.25) is 0 Å². The summed E-state index contributed by atoms with van der Waals surface area (Å²) >= 11 is 3.37. The third-order valence-corrected chi connectivity index (χ3v) is 3.20. The lowest BCUT2D eigenvalue weighted by molar-refractivity contribution is -0.142. The summed E-state index contributed by atoms with van der Waals surface area (Å²) in [5, 5.41) is 13.9. The fourth-order valence-electron chi connectivity index (χ4n) is 1.41. The van der Waals surface area contributed by atoms with Gasteiger partial charge in [0, 0.05) is 11.0 Å². The Morgan fingerprint density at radius 2 is 2.00 bits per heavy atom. The summed E-state index contributed by atoms with van der Waals surface area (Å²) in [6, 6.07) is 5.25. The molecule has 1 rings (SSSR count). The molecule has 0 unspecified atom stereocenters. The number of rotatable bonds is 4. The standard InChI is InChI=1S/C13H17BrN2O3/c1-8-6-10(14)5-4-9(8)7-15-12(19)16-13(2,3)11(17)18/h4-6H,7H2,1-3H3,(H,17,18)(H2,15,16,19). The molecule has 0 atom stereocenters. The lowest BCUT2D eigenvalue weighted by Gasteiger charge is -2.21. The second-order valence-electron chi connectivity index (χ2n) is 4.81. The van der Waals surface area contributed by atoms with Gasteiger partial charge in [-0.15, -0.1) is 0 Å². The second-order valence-corrected chi connectivity index (χ2v) is 5.72. The van der Waals surface area contributed by atoms with E-state index in [0.29, 0.717) is 6.54 Å². The summed E-state index contributed by atoms with van der Waals surface area (Å²) in [5.41, 5.74) is 0.734. The molecule has 0 fully saturated rings. The van der Waals surface area contributed by atoms with Crippen molar-refractivity contribution in [3.8, 4) is 0 Å². The first kappa shape index (κ1) is 15.5. The molecule has 104 valence electrons. The van der Waals surface area contributed by atoms with E-state index < -0.39 is 17.5 Å². The lowest BCUT2D eigenvalue weighted by Crippen LogP contribution is -2.53. The Bertz CT molecular complexity index is 501. The number of amides is 2. The van der Waals surface area contributed by atoms with E-state index in [-0.39, 0.29) is 0 Å². The van der Waals surface area contributed by atoms with Crippen molar-refractivity contribution in [1.82, 2.24) is 10.6 Å². The Balaban J connectivity index is 2.57. The highest BCUT2D eigenvalue weighted by atomic mass is 79.9. The Labute approximate surface area is 120 Å². The molecule has 1 aromatic rings. The van der Waals surface area contributed by atoms with Gasteiger partial charge in [-0.3, -0.25) is 0 Å². The molecule has 2 amide bonds. The van der Waals surface area contributed by atoms with Gasteiger partial charge in [0.15, 0.2) is 0 Å². The number of carboxylic acids is 1. The number of aryl methyl sites for hydroxylation is 1. The SMILES string of the molecule is Cc1cc(Br)ccc1CNC(=O)NC(C)(C)C(=O)O. The second kappa shape index (κ2) is 6.06. The number of hydrogen-bond acceptors (Lipinski definition) is 2. The molecule has 0 aromatic heterocycles. The van der Waals surface area contributed by atoms with E-state index >= 15 is 0 Å². The van der Waals surface area contributed by atoms with Gasteiger partial charge in [0.05, 0.1) is 0 Å². The highest BCUT2D eigenvalue weighted by molar-refractivity contribution is 9.10. The van der Waals surface area contributed by atoms with Gasteiger partial charge in [-0.2, -0.15) is 0 Å². The number of nitrogens with one attached hydrogen (secondary N) is 2. The molecule has 0 heterocycles. The van der Waals surface area contributed by atoms with Crippen LogP contribution >= 0.6 is 15.9 Å². The van der Waals surface area contributed by atoms with Gasteiger partial charge in [-0.1, -0.05) is 22.0 Å². The largest absolute Gasteiger partial charge is 0.480 e. The normalized spacial score (nSPS) is 10.9. The fourth-order valence-corrected chi connectivity index (χ4v) is 1.89. The van der Waals surface area contributed by atoms with E-state index in [1.54, 1.807) is 0 Å². The van der Waals surface area contributed by atoms with Crippen LogP contribution in [0, 0.1) is 6.92 Å². The maximum atomic E-state index is 11.6. The fraction of sp³-hybridized carbons (Fsp3) is 0.385. The molecule has 0 saturated heterocycles. The molecule has 6 heteroatoms. The molecule has 0 bridgehead atoms. The predicted molar refractivity (Wildman–Crippen MR) is 76.0 cm³/mol. The maximum Gasteiger partial charge on any atom is 0.328 e. The zero-order valence-corrected chi connectivity index (χ0v) is 12.7. The van der Waals surface area contributed by atoms with Crippen LogP contribution in [0.5, 0.6) is 0 Å². The smallest absolute Gasteiger partial charge is 0.328 e. The zero-order chi connectivity index (χ0) is 14.6. The van der Waals surface area contributed by atoms with Gasteiger partial charge < -0.3 is 15.7 Å². The molecule has 0 aliphatic carbocycles. The molecule has 0 saturated carbocycles. The van der Waals surface area contributed by atoms with Crippen molar-refractivity contribution in [2.45, 2.75) is 32.9 Å². The first-order valence-electron chi connectivity index (χ1n) is 5.77. The van der Waals surface area contributed by atoms with Crippen molar-refractivity contribution in [3.63, 3.8) is 0 Å². The highest BCUT2D eigenvalue weighted by Crippen LogP contribution is 2.15. The molecule has 3 N–H and O–H groups in total. The van der Waals surface area contributed by atoms with Gasteiger partial charge in [0.2, 0.25) is 0 Å². The first-order valence-corrected chi connectivity index (χ1v) is 6.56. The predicted octanol–water partition coefficient (Wildman–Crippen LogP) is 2.42. The van der Waals surface area contributed by atoms with Crippen molar-refractivity contribution in [2.24, 2.45) is 0 Å². The number of aliphatic carboxylic acids is 1. The number of urea groups is 1. The monoisotopic (exact) mass is 328 g/mol. The van der Waals surface area contributed by atoms with E-state index in [1.807, 2.05) is 25.1 Å². The van der Waals surface area contributed by atoms with Crippen molar-refractivity contribution in [2.75, 3.05) is 0 Å². The quantitative estimate of drug-likeness (QED) is 0.794. The molecule has 0 spiro atoms. The number of carboxylic acid groups (broad SMARTS) is 1. The van der Waals surface area contributed by atoms with Crippen LogP contribution in [0.25, 0.3) is 0 Å². The number of hydrogen-bond donors (Lipinski definition) is 3. The zero-order valence-electron chi connectivity index (χ0n) is 11.1. The number of halogens is 1. The van der Waals surface area contributed by atoms with Crippen LogP contribution in [0.4, 0.5) is 4.79 Å². The summed E-state index contributed by atoms with van der Waals surface area (Å²) < 4.78 is 0.977. The third kappa shape index (κ3) is 4.55. The summed E-state index contributed by atoms with van der Waals surface area (Å²) in [4.78, 5) is 22.5. The van der Waals surface area contributed by atoms with Crippen molar-refractivity contribution >= 4 is 27.9 Å². The molecule has 1 aromatic carbocycles. The van der Waals surface area contributed by atoms with Gasteiger partial charge in [0.1, 0.15) is 5.54 Å². The van der Waals surface area contributed by atoms with Gasteiger partial charge >= 0.3 is 12.0 Å². The number of benzene rings is 1. The Morgan fingerprint density at radius 3 is 2.53 bits per heavy atom. The molecule has 19 heavy (non-hydrogen) atoms. The van der Waals surface area contributed by atoms with Crippen LogP contribution in [0.15, 0.2) is 22.7 Å². The van der Waals surface area contributed by atoms with E-state index in [4.69, 9.17) is 5.11 Å². The molecule has 0 aliphatic rings. The van der Waals surface area contributed by atoms with Crippen molar-refractivity contribution in [3.05, 3.63) is 33.8 Å². The Hall–Kier alpha value is -1.56. The minimum absolute atomic E-state index is 0.348. The highest BCUT2D eigenvalue weighted by Gasteiger charge is 2.28. The van der Waals surface area contributed by atoms with Crippen molar-refractivity contribution < 1.29 is 14.7 Å². The van der Waals surface area contributed by atoms with Crippen LogP contribution in [0.3, 0.4) is 0 Å². The number of carbonyl (C=O) groups excluding carboxylic acids is 1. The average molecular weight is 329 g/mol. The molecule has 0 aliphatic heterocycles. The maximum absolute atomic E-state index is 11.6. The average Bonchev–Trinajstić information content (AvgIpc) is 2.27. The van der Waals surface area contributed by atoms with Crippen molar-refractivity contribution in [1.29, 1.82) is 0 Å². The van der Waals surface area contributed by atoms with Gasteiger partial charge in [-0.05, 0) is 44.0 Å². The van der Waals surface area contributed by atoms with Gasteiger partial charge in [-0.25, -0.2) is 9.59 Å². The molecular weight excluding hydrogens is 312 g/mol. The minimum atomic E-state index is -1.29. The van der Waals surface area contributed by atoms with E-state index in [9.17, 15) is 9.59 Å². The summed E-state index contributed by atoms with van der Waals surface area (Å²) in [6.07, 6.45) is 0. The van der Waals surface area contributed by atoms with Gasteiger partial charge in [0.25, 0.3) is 0 Å². The Morgan fingerprint density at radius 1 is 1.37 bits per heavy atom. The van der Waals surface area contributed by atoms with E-state index in [1.165, 1.54) is 13.8 Å². The first-order chi connectivity index (χ1) is 8.72. The lowest BCUT2D eigenvalue weighted by atomic mass is 10.1. The minimum Gasteiger partial charge on any atom is -0.480 e. The molecule has 0 radical (unpaired) electrons. The van der Waals surface area contributed by atoms with E-state index in [0.717, 1.165) is 15.6 Å². The van der Waals surface area contributed by atoms with Crippen LogP contribution < -0.4 is 10.6 Å². The van der Waals surface area contributed by atoms with E-state index in [2.05, 4.69) is 26.6 Å². The topological polar surface area (TPSA) is 78.4 Å². The molecular formula is C13H17BrN2O3. The summed E-state index contributed by atoms with van der Waals surface area (Å²) in [6.45, 7) is 5.15. The Kier molecular flexibility index (Phi) is 4.94. The number of carbonyl (C=O) groups is 2. The van der Waals surface area contributed by atoms with Crippen LogP contribution in [0.1, 0.15) is 25.0 Å². The van der Waals surface area contributed by atoms with Crippen LogP contribution in [-0.4, -0.2) is 22.6 Å². The summed E-state index contributed by atoms with van der Waals surface area (Å²) in [5.74, 6) is -1.08. The molecule has 5 nitrogen and oxygen atoms in total. The third-order valence-electron chi connectivity index (χ3n) is 2.70. The van der Waals surface area contributed by atoms with Crippen LogP contribution in [-0.2, 0) is 11.3 Å². The summed E-state index contributed by atoms with van der Waals surface area (Å²) in [7, 11) is 0.